The Bertz CT molecular complexity index is 452. The van der Waals surface area contributed by atoms with E-state index < -0.39 is 16.1 Å². The Morgan fingerprint density at radius 1 is 1.47 bits per heavy atom. The van der Waals surface area contributed by atoms with Crippen LogP contribution in [0.1, 0.15) is 13.3 Å². The largest absolute Gasteiger partial charge is 0.453 e. The third-order valence-electron chi connectivity index (χ3n) is 3.84. The monoisotopic (exact) mass is 292 g/mol. The lowest BCUT2D eigenvalue weighted by atomic mass is 9.96. The van der Waals surface area contributed by atoms with E-state index in [1.165, 1.54) is 7.11 Å². The van der Waals surface area contributed by atoms with Gasteiger partial charge < -0.3 is 9.47 Å². The highest BCUT2D eigenvalue weighted by molar-refractivity contribution is 7.88. The summed E-state index contributed by atoms with van der Waals surface area (Å²) in [4.78, 5) is 13.5. The van der Waals surface area contributed by atoms with Crippen LogP contribution < -0.4 is 4.72 Å². The average molecular weight is 292 g/mol. The molecular weight excluding hydrogens is 272 g/mol. The van der Waals surface area contributed by atoms with Crippen molar-refractivity contribution in [3.8, 4) is 0 Å². The molecular formula is C11H20N2O5S. The van der Waals surface area contributed by atoms with Gasteiger partial charge in [-0.05, 0) is 6.42 Å². The highest BCUT2D eigenvalue weighted by atomic mass is 32.2. The molecule has 0 aliphatic carbocycles. The maximum Gasteiger partial charge on any atom is 0.410 e. The van der Waals surface area contributed by atoms with E-state index in [2.05, 4.69) is 4.72 Å². The summed E-state index contributed by atoms with van der Waals surface area (Å²) in [6.45, 7) is 2.82. The molecule has 7 nitrogen and oxygen atoms in total. The maximum atomic E-state index is 11.9. The zero-order chi connectivity index (χ0) is 14.2. The Hall–Kier alpha value is -0.860. The van der Waals surface area contributed by atoms with Gasteiger partial charge in [0.1, 0.15) is 0 Å². The van der Waals surface area contributed by atoms with Gasteiger partial charge in [-0.1, -0.05) is 6.92 Å². The Labute approximate surface area is 113 Å². The summed E-state index contributed by atoms with van der Waals surface area (Å²) in [7, 11) is -2.00. The average Bonchev–Trinajstić information content (AvgIpc) is 2.88. The summed E-state index contributed by atoms with van der Waals surface area (Å²) in [5.41, 5.74) is 0. The molecule has 0 spiro atoms. The van der Waals surface area contributed by atoms with Gasteiger partial charge >= 0.3 is 6.09 Å². The molecule has 2 aliphatic heterocycles. The standard InChI is InChI=1S/C11H20N2O5S/c1-4-8-10(12-19(3,15)16)7-5-18-6-9(7)13(8)11(14)17-2/h7-10,12H,4-6H2,1-3H3/t7-,8-,9+,10?/m0/s1. The van der Waals surface area contributed by atoms with Gasteiger partial charge in [0.25, 0.3) is 0 Å². The second-order valence-corrected chi connectivity index (χ2v) is 6.82. The molecule has 110 valence electrons. The molecule has 1 unspecified atom stereocenters. The highest BCUT2D eigenvalue weighted by Gasteiger charge is 2.53. The van der Waals surface area contributed by atoms with E-state index in [0.717, 1.165) is 6.26 Å². The molecule has 8 heteroatoms. The third kappa shape index (κ3) is 2.70. The molecule has 0 aromatic carbocycles. The van der Waals surface area contributed by atoms with Crippen molar-refractivity contribution in [3.05, 3.63) is 0 Å². The molecule has 0 radical (unpaired) electrons. The first-order chi connectivity index (χ1) is 8.89. The fourth-order valence-corrected chi connectivity index (χ4v) is 3.96. The van der Waals surface area contributed by atoms with Crippen molar-refractivity contribution in [2.24, 2.45) is 5.92 Å². The van der Waals surface area contributed by atoms with E-state index in [9.17, 15) is 13.2 Å². The van der Waals surface area contributed by atoms with Gasteiger partial charge in [0.15, 0.2) is 0 Å². The quantitative estimate of drug-likeness (QED) is 0.777. The van der Waals surface area contributed by atoms with Crippen LogP contribution in [-0.4, -0.2) is 64.1 Å². The van der Waals surface area contributed by atoms with E-state index in [0.29, 0.717) is 19.6 Å². The second kappa shape index (κ2) is 5.26. The number of fused-ring (bicyclic) bond motifs is 1. The van der Waals surface area contributed by atoms with Gasteiger partial charge in [-0.25, -0.2) is 17.9 Å². The van der Waals surface area contributed by atoms with Crippen LogP contribution in [0, 0.1) is 5.92 Å². The molecule has 2 rings (SSSR count). The van der Waals surface area contributed by atoms with Crippen LogP contribution in [0.15, 0.2) is 0 Å². The summed E-state index contributed by atoms with van der Waals surface area (Å²) in [6, 6.07) is -0.621. The van der Waals surface area contributed by atoms with Crippen LogP contribution in [0.25, 0.3) is 0 Å². The number of methoxy groups -OCH3 is 1. The minimum atomic E-state index is -3.33. The predicted molar refractivity (Wildman–Crippen MR) is 68.2 cm³/mol. The molecule has 0 bridgehead atoms. The zero-order valence-electron chi connectivity index (χ0n) is 11.3. The van der Waals surface area contributed by atoms with Crippen LogP contribution >= 0.6 is 0 Å². The zero-order valence-corrected chi connectivity index (χ0v) is 12.1. The van der Waals surface area contributed by atoms with Gasteiger partial charge in [0.2, 0.25) is 10.0 Å². The van der Waals surface area contributed by atoms with Crippen LogP contribution in [0.2, 0.25) is 0 Å². The molecule has 2 saturated heterocycles. The fraction of sp³-hybridized carbons (Fsp3) is 0.909. The van der Waals surface area contributed by atoms with E-state index >= 15 is 0 Å². The number of nitrogens with zero attached hydrogens (tertiary/aromatic N) is 1. The summed E-state index contributed by atoms with van der Waals surface area (Å²) < 4.78 is 35.8. The molecule has 1 amide bonds. The molecule has 1 N–H and O–H groups in total. The van der Waals surface area contributed by atoms with E-state index in [1.54, 1.807) is 4.90 Å². The minimum absolute atomic E-state index is 0.0150. The molecule has 4 atom stereocenters. The summed E-state index contributed by atoms with van der Waals surface area (Å²) >= 11 is 0. The van der Waals surface area contributed by atoms with Crippen molar-refractivity contribution < 1.29 is 22.7 Å². The number of likely N-dealkylation sites (tertiary alicyclic amines) is 1. The summed E-state index contributed by atoms with van der Waals surface area (Å²) in [5.74, 6) is -0.0150. The van der Waals surface area contributed by atoms with Gasteiger partial charge in [0.05, 0.1) is 38.7 Å². The van der Waals surface area contributed by atoms with Gasteiger partial charge in [-0.2, -0.15) is 0 Å². The number of nitrogens with one attached hydrogen (secondary N) is 1. The van der Waals surface area contributed by atoms with Crippen molar-refractivity contribution in [1.82, 2.24) is 9.62 Å². The first kappa shape index (κ1) is 14.5. The topological polar surface area (TPSA) is 84.9 Å². The predicted octanol–water partition coefficient (Wildman–Crippen LogP) is -0.220. The normalized spacial score (nSPS) is 34.4. The van der Waals surface area contributed by atoms with Crippen LogP contribution in [-0.2, 0) is 19.5 Å². The number of hydrogen-bond acceptors (Lipinski definition) is 5. The third-order valence-corrected chi connectivity index (χ3v) is 4.54. The Balaban J connectivity index is 2.29. The molecule has 0 aromatic rings. The summed E-state index contributed by atoms with van der Waals surface area (Å²) in [5, 5.41) is 0. The SMILES string of the molecule is CC[C@H]1C(NS(C)(=O)=O)[C@H]2COC[C@H]2N1C(=O)OC. The van der Waals surface area contributed by atoms with Gasteiger partial charge in [-0.3, -0.25) is 4.90 Å². The smallest absolute Gasteiger partial charge is 0.410 e. The molecule has 0 saturated carbocycles. The lowest BCUT2D eigenvalue weighted by Gasteiger charge is -2.29. The first-order valence-electron chi connectivity index (χ1n) is 6.30. The van der Waals surface area contributed by atoms with Crippen molar-refractivity contribution in [1.29, 1.82) is 0 Å². The van der Waals surface area contributed by atoms with Gasteiger partial charge in [0, 0.05) is 12.0 Å². The number of carbonyl (C=O) groups excluding carboxylic acids is 1. The van der Waals surface area contributed by atoms with Crippen molar-refractivity contribution >= 4 is 16.1 Å². The van der Waals surface area contributed by atoms with E-state index in [1.807, 2.05) is 6.92 Å². The molecule has 19 heavy (non-hydrogen) atoms. The highest BCUT2D eigenvalue weighted by Crippen LogP contribution is 2.36. The molecule has 2 heterocycles. The van der Waals surface area contributed by atoms with Crippen molar-refractivity contribution in [2.75, 3.05) is 26.6 Å². The van der Waals surface area contributed by atoms with E-state index in [4.69, 9.17) is 9.47 Å². The molecule has 2 aliphatic rings. The summed E-state index contributed by atoms with van der Waals surface area (Å²) in [6.07, 6.45) is 1.37. The lowest BCUT2D eigenvalue weighted by molar-refractivity contribution is 0.0821. The number of amides is 1. The number of rotatable bonds is 3. The number of carbonyl (C=O) groups is 1. The number of ether oxygens (including phenoxy) is 2. The van der Waals surface area contributed by atoms with Crippen LogP contribution in [0.5, 0.6) is 0 Å². The lowest BCUT2D eigenvalue weighted by Crippen LogP contribution is -2.49. The minimum Gasteiger partial charge on any atom is -0.453 e. The maximum absolute atomic E-state index is 11.9. The van der Waals surface area contributed by atoms with E-state index in [-0.39, 0.29) is 24.0 Å². The van der Waals surface area contributed by atoms with Crippen LogP contribution in [0.4, 0.5) is 4.79 Å². The van der Waals surface area contributed by atoms with Crippen molar-refractivity contribution in [3.63, 3.8) is 0 Å². The first-order valence-corrected chi connectivity index (χ1v) is 8.19. The van der Waals surface area contributed by atoms with Crippen LogP contribution in [0.3, 0.4) is 0 Å². The fourth-order valence-electron chi connectivity index (χ4n) is 3.13. The number of hydrogen-bond donors (Lipinski definition) is 1. The Morgan fingerprint density at radius 2 is 2.16 bits per heavy atom. The van der Waals surface area contributed by atoms with Crippen molar-refractivity contribution in [2.45, 2.75) is 31.5 Å². The Morgan fingerprint density at radius 3 is 2.68 bits per heavy atom. The molecule has 2 fully saturated rings. The number of sulfonamides is 1. The molecule has 0 aromatic heterocycles. The second-order valence-electron chi connectivity index (χ2n) is 5.04. The Kier molecular flexibility index (Phi) is 4.03. The van der Waals surface area contributed by atoms with Gasteiger partial charge in [-0.15, -0.1) is 0 Å².